The zero-order valence-corrected chi connectivity index (χ0v) is 16.3. The smallest absolute Gasteiger partial charge is 0.492 e. The molecule has 2 rings (SSSR count). The number of hydrogen-bond donors (Lipinski definition) is 4. The monoisotopic (exact) mass is 436 g/mol. The summed E-state index contributed by atoms with van der Waals surface area (Å²) in [6.45, 7) is -0.147. The molecule has 1 aliphatic rings. The summed E-state index contributed by atoms with van der Waals surface area (Å²) in [6.07, 6.45) is -5.61. The Morgan fingerprint density at radius 3 is 2.70 bits per heavy atom. The number of carbonyl (C=O) groups is 1. The zero-order chi connectivity index (χ0) is 22.3. The standard InChI is InChI=1S/C17H23F3N4O6/c1-23(15(27)21-6-7-25)13-14(26)24(2)16(22-13)29-9-8-28-11-4-3-5-12(10-11)30-17(18,19)20/h3-5,10,16,22,25-26H,6-9H2,1-2H3,(H,21,27). The highest BCUT2D eigenvalue weighted by atomic mass is 19.4. The third kappa shape index (κ3) is 6.49. The van der Waals surface area contributed by atoms with Crippen molar-refractivity contribution in [2.24, 2.45) is 0 Å². The van der Waals surface area contributed by atoms with Crippen LogP contribution in [0.2, 0.25) is 0 Å². The Labute approximate surface area is 170 Å². The van der Waals surface area contributed by atoms with E-state index in [1.165, 1.54) is 31.1 Å². The zero-order valence-electron chi connectivity index (χ0n) is 16.3. The molecule has 1 aromatic rings. The lowest BCUT2D eigenvalue weighted by Gasteiger charge is -2.22. The summed E-state index contributed by atoms with van der Waals surface area (Å²) in [4.78, 5) is 14.4. The van der Waals surface area contributed by atoms with E-state index in [0.717, 1.165) is 17.0 Å². The van der Waals surface area contributed by atoms with Crippen molar-refractivity contribution in [3.8, 4) is 11.5 Å². The van der Waals surface area contributed by atoms with Crippen molar-refractivity contribution in [2.45, 2.75) is 12.7 Å². The lowest BCUT2D eigenvalue weighted by Crippen LogP contribution is -2.44. The minimum absolute atomic E-state index is 0.00438. The van der Waals surface area contributed by atoms with Crippen LogP contribution in [0.5, 0.6) is 11.5 Å². The number of nitrogens with one attached hydrogen (secondary N) is 2. The van der Waals surface area contributed by atoms with Crippen molar-refractivity contribution in [3.05, 3.63) is 36.0 Å². The summed E-state index contributed by atoms with van der Waals surface area (Å²) in [5.41, 5.74) is 0. The van der Waals surface area contributed by atoms with Crippen molar-refractivity contribution >= 4 is 6.03 Å². The number of carbonyl (C=O) groups excluding carboxylic acids is 1. The predicted octanol–water partition coefficient (Wildman–Crippen LogP) is 1.12. The van der Waals surface area contributed by atoms with Crippen LogP contribution in [-0.2, 0) is 4.74 Å². The predicted molar refractivity (Wildman–Crippen MR) is 97.2 cm³/mol. The van der Waals surface area contributed by atoms with Crippen molar-refractivity contribution in [1.82, 2.24) is 20.4 Å². The highest BCUT2D eigenvalue weighted by Gasteiger charge is 2.33. The van der Waals surface area contributed by atoms with Gasteiger partial charge in [0.25, 0.3) is 0 Å². The van der Waals surface area contributed by atoms with E-state index in [-0.39, 0.29) is 43.8 Å². The number of ether oxygens (including phenoxy) is 3. The quantitative estimate of drug-likeness (QED) is 0.426. The van der Waals surface area contributed by atoms with Gasteiger partial charge in [0.1, 0.15) is 18.1 Å². The molecule has 0 saturated carbocycles. The molecule has 1 atom stereocenters. The van der Waals surface area contributed by atoms with Crippen LogP contribution in [0, 0.1) is 0 Å². The van der Waals surface area contributed by atoms with Gasteiger partial charge in [-0.25, -0.2) is 4.79 Å². The van der Waals surface area contributed by atoms with Crippen LogP contribution in [0.4, 0.5) is 18.0 Å². The van der Waals surface area contributed by atoms with Gasteiger partial charge in [0.05, 0.1) is 13.2 Å². The minimum atomic E-state index is -4.80. The molecule has 0 saturated heterocycles. The first-order chi connectivity index (χ1) is 14.1. The van der Waals surface area contributed by atoms with E-state index in [9.17, 15) is 23.1 Å². The van der Waals surface area contributed by atoms with Gasteiger partial charge in [-0.3, -0.25) is 9.80 Å². The number of urea groups is 1. The maximum Gasteiger partial charge on any atom is 0.573 e. The summed E-state index contributed by atoms with van der Waals surface area (Å²) >= 11 is 0. The number of aliphatic hydroxyl groups is 2. The van der Waals surface area contributed by atoms with E-state index >= 15 is 0 Å². The van der Waals surface area contributed by atoms with Crippen molar-refractivity contribution in [2.75, 3.05) is 40.5 Å². The van der Waals surface area contributed by atoms with Crippen molar-refractivity contribution < 1.29 is 42.4 Å². The van der Waals surface area contributed by atoms with Crippen LogP contribution in [0.1, 0.15) is 0 Å². The Hall–Kier alpha value is -3.06. The summed E-state index contributed by atoms with van der Waals surface area (Å²) in [5.74, 6) is -0.384. The normalized spacial score (nSPS) is 16.3. The van der Waals surface area contributed by atoms with E-state index in [2.05, 4.69) is 15.4 Å². The molecule has 2 amide bonds. The van der Waals surface area contributed by atoms with Gasteiger partial charge in [0.15, 0.2) is 5.82 Å². The number of alkyl halides is 3. The molecule has 1 aliphatic heterocycles. The van der Waals surface area contributed by atoms with Crippen LogP contribution < -0.4 is 20.1 Å². The molecule has 0 fully saturated rings. The second-order valence-corrected chi connectivity index (χ2v) is 6.04. The first-order valence-electron chi connectivity index (χ1n) is 8.77. The molecule has 10 nitrogen and oxygen atoms in total. The molecule has 168 valence electrons. The molecular formula is C17H23F3N4O6. The van der Waals surface area contributed by atoms with Crippen molar-refractivity contribution in [1.29, 1.82) is 0 Å². The van der Waals surface area contributed by atoms with Crippen LogP contribution in [0.3, 0.4) is 0 Å². The molecule has 0 aromatic heterocycles. The van der Waals surface area contributed by atoms with E-state index < -0.39 is 24.5 Å². The number of aliphatic hydroxyl groups excluding tert-OH is 2. The molecule has 30 heavy (non-hydrogen) atoms. The minimum Gasteiger partial charge on any atom is -0.492 e. The summed E-state index contributed by atoms with van der Waals surface area (Å²) in [6, 6.07) is 4.52. The Morgan fingerprint density at radius 2 is 2.03 bits per heavy atom. The van der Waals surface area contributed by atoms with Crippen molar-refractivity contribution in [3.63, 3.8) is 0 Å². The first kappa shape index (κ1) is 23.2. The number of rotatable bonds is 9. The fourth-order valence-electron chi connectivity index (χ4n) is 2.42. The fourth-order valence-corrected chi connectivity index (χ4v) is 2.42. The summed E-state index contributed by atoms with van der Waals surface area (Å²) in [5, 5.41) is 24.2. The largest absolute Gasteiger partial charge is 0.573 e. The van der Waals surface area contributed by atoms with Gasteiger partial charge in [0, 0.05) is 26.7 Å². The summed E-state index contributed by atoms with van der Waals surface area (Å²) in [7, 11) is 2.94. The van der Waals surface area contributed by atoms with Gasteiger partial charge in [-0.05, 0) is 12.1 Å². The highest BCUT2D eigenvalue weighted by Crippen LogP contribution is 2.26. The Bertz CT molecular complexity index is 761. The van der Waals surface area contributed by atoms with Gasteiger partial charge in [-0.1, -0.05) is 6.07 Å². The molecule has 4 N–H and O–H groups in total. The lowest BCUT2D eigenvalue weighted by molar-refractivity contribution is -0.274. The molecule has 13 heteroatoms. The van der Waals surface area contributed by atoms with Gasteiger partial charge in [-0.15, -0.1) is 13.2 Å². The van der Waals surface area contributed by atoms with E-state index in [1.807, 2.05) is 0 Å². The number of halogens is 3. The van der Waals surface area contributed by atoms with Gasteiger partial charge >= 0.3 is 12.4 Å². The second-order valence-electron chi connectivity index (χ2n) is 6.04. The van der Waals surface area contributed by atoms with E-state index in [0.29, 0.717) is 0 Å². The highest BCUT2D eigenvalue weighted by molar-refractivity contribution is 5.75. The van der Waals surface area contributed by atoms with Crippen LogP contribution >= 0.6 is 0 Å². The molecule has 1 unspecified atom stereocenters. The Morgan fingerprint density at radius 1 is 1.33 bits per heavy atom. The molecule has 1 aromatic carbocycles. The third-order valence-corrected chi connectivity index (χ3v) is 3.85. The maximum atomic E-state index is 12.3. The second kappa shape index (κ2) is 10.1. The van der Waals surface area contributed by atoms with Crippen LogP contribution in [0.25, 0.3) is 0 Å². The average molecular weight is 436 g/mol. The van der Waals surface area contributed by atoms with E-state index in [4.69, 9.17) is 14.6 Å². The van der Waals surface area contributed by atoms with Gasteiger partial charge < -0.3 is 35.1 Å². The molecule has 0 bridgehead atoms. The SMILES string of the molecule is CN(C(=O)NCCO)C1=C(O)N(C)C(OCCOc2cccc(OC(F)(F)F)c2)N1. The molecule has 0 aliphatic carbocycles. The Kier molecular flexibility index (Phi) is 7.83. The van der Waals surface area contributed by atoms with Gasteiger partial charge in [0.2, 0.25) is 12.2 Å². The molecule has 0 radical (unpaired) electrons. The number of hydrogen-bond acceptors (Lipinski definition) is 8. The number of amides is 2. The Balaban J connectivity index is 1.81. The number of benzene rings is 1. The summed E-state index contributed by atoms with van der Waals surface area (Å²) < 4.78 is 51.5. The average Bonchev–Trinajstić information content (AvgIpc) is 2.96. The molecule has 0 spiro atoms. The van der Waals surface area contributed by atoms with E-state index in [1.54, 1.807) is 0 Å². The lowest BCUT2D eigenvalue weighted by atomic mass is 10.3. The molecule has 1 heterocycles. The third-order valence-electron chi connectivity index (χ3n) is 3.85. The first-order valence-corrected chi connectivity index (χ1v) is 8.77. The van der Waals surface area contributed by atoms with Crippen LogP contribution in [-0.4, -0.2) is 79.2 Å². The fraction of sp³-hybridized carbons (Fsp3) is 0.471. The van der Waals surface area contributed by atoms with Crippen LogP contribution in [0.15, 0.2) is 36.0 Å². The maximum absolute atomic E-state index is 12.3. The van der Waals surface area contributed by atoms with Gasteiger partial charge in [-0.2, -0.15) is 0 Å². The number of nitrogens with zero attached hydrogens (tertiary/aromatic N) is 2. The molecular weight excluding hydrogens is 413 g/mol. The topological polar surface area (TPSA) is 116 Å².